The minimum atomic E-state index is 0. The Labute approximate surface area is 267 Å². The molecule has 8 nitrogen and oxygen atoms in total. The third-order valence-corrected chi connectivity index (χ3v) is 7.46. The van der Waals surface area contributed by atoms with Gasteiger partial charge in [-0.25, -0.2) is 29.9 Å². The summed E-state index contributed by atoms with van der Waals surface area (Å²) >= 11 is 0. The van der Waals surface area contributed by atoms with Crippen LogP contribution in [0.4, 0.5) is 0 Å². The van der Waals surface area contributed by atoms with E-state index in [1.54, 1.807) is 0 Å². The molecule has 2 aliphatic heterocycles. The smallest absolute Gasteiger partial charge is 0.164 e. The summed E-state index contributed by atoms with van der Waals surface area (Å²) in [4.78, 5) is 36.8. The van der Waals surface area contributed by atoms with Gasteiger partial charge in [-0.1, -0.05) is 97.1 Å². The molecular weight excluding hydrogens is 640 g/mol. The van der Waals surface area contributed by atoms with Crippen molar-refractivity contribution in [2.45, 2.75) is 0 Å². The maximum atomic E-state index is 5.02. The van der Waals surface area contributed by atoms with Crippen LogP contribution in [-0.2, 0) is 0 Å². The van der Waals surface area contributed by atoms with Gasteiger partial charge in [0.15, 0.2) is 23.3 Å². The number of H-pyrrole nitrogens is 2. The summed E-state index contributed by atoms with van der Waals surface area (Å²) in [6, 6.07) is 32.2. The van der Waals surface area contributed by atoms with E-state index in [-0.39, 0.29) is 42.4 Å². The summed E-state index contributed by atoms with van der Waals surface area (Å²) < 4.78 is 0. The first-order chi connectivity index (χ1) is 19.8. The number of nitrogens with zero attached hydrogens (tertiary/aromatic N) is 6. The normalized spacial score (nSPS) is 11.2. The number of aromatic nitrogens is 8. The largest absolute Gasteiger partial charge is 0.324 e. The van der Waals surface area contributed by atoms with Gasteiger partial charge in [-0.3, -0.25) is 0 Å². The van der Waals surface area contributed by atoms with Crippen LogP contribution < -0.4 is 0 Å². The molecule has 43 heavy (non-hydrogen) atoms. The molecule has 0 saturated heterocycles. The molecule has 210 valence electrons. The molecule has 0 atom stereocenters. The van der Waals surface area contributed by atoms with Crippen molar-refractivity contribution in [2.24, 2.45) is 0 Å². The van der Waals surface area contributed by atoms with Gasteiger partial charge in [0.05, 0.1) is 0 Å². The molecule has 3 aromatic heterocycles. The van der Waals surface area contributed by atoms with Crippen molar-refractivity contribution in [1.29, 1.82) is 0 Å². The maximum absolute atomic E-state index is 5.02. The van der Waals surface area contributed by atoms with Crippen LogP contribution >= 0.6 is 24.8 Å². The average Bonchev–Trinajstić information content (AvgIpc) is 3.73. The number of benzene rings is 4. The van der Waals surface area contributed by atoms with E-state index < -0.39 is 0 Å². The average molecular weight is 664 g/mol. The fourth-order valence-corrected chi connectivity index (χ4v) is 5.59. The molecule has 2 N–H and O–H groups in total. The number of hydrogen-bond acceptors (Lipinski definition) is 6. The molecule has 0 saturated carbocycles. The molecule has 8 bridgehead atoms. The summed E-state index contributed by atoms with van der Waals surface area (Å²) in [5.41, 5.74) is 6.45. The van der Waals surface area contributed by atoms with Crippen LogP contribution in [0.2, 0.25) is 0 Å². The van der Waals surface area contributed by atoms with Gasteiger partial charge < -0.3 is 9.97 Å². The van der Waals surface area contributed by atoms with Gasteiger partial charge >= 0.3 is 17.6 Å². The third-order valence-electron chi connectivity index (χ3n) is 7.46. The molecule has 0 amide bonds. The van der Waals surface area contributed by atoms with Crippen LogP contribution in [-0.4, -0.2) is 57.5 Å². The van der Waals surface area contributed by atoms with Crippen molar-refractivity contribution < 1.29 is 0 Å². The first-order valence-electron chi connectivity index (χ1n) is 13.0. The van der Waals surface area contributed by atoms with Crippen molar-refractivity contribution in [2.75, 3.05) is 0 Å². The van der Waals surface area contributed by atoms with E-state index in [4.69, 9.17) is 29.9 Å². The van der Waals surface area contributed by atoms with Crippen LogP contribution in [0.25, 0.3) is 89.7 Å². The Kier molecular flexibility index (Phi) is 7.21. The van der Waals surface area contributed by atoms with Gasteiger partial charge in [0.1, 0.15) is 22.6 Å². The Morgan fingerprint density at radius 3 is 0.814 bits per heavy atom. The minimum absolute atomic E-state index is 0. The minimum Gasteiger partial charge on any atom is -0.324 e. The summed E-state index contributed by atoms with van der Waals surface area (Å²) in [6.07, 6.45) is 0. The molecule has 0 spiro atoms. The Morgan fingerprint density at radius 1 is 0.326 bits per heavy atom. The van der Waals surface area contributed by atoms with E-state index in [9.17, 15) is 0 Å². The SMILES string of the molecule is Cl.Cl.[GeH4].c1ccc2c(c1)-c1nc-2nc2[nH]c(nc3nc(nc4[nH]c(n1)c1ccccc41)-c1ccccc1-3)c1ccccc21. The molecule has 0 unspecified atom stereocenters. The van der Waals surface area contributed by atoms with E-state index in [1.165, 1.54) is 0 Å². The van der Waals surface area contributed by atoms with Gasteiger partial charge in [0.25, 0.3) is 0 Å². The summed E-state index contributed by atoms with van der Waals surface area (Å²) in [7, 11) is 0. The fraction of sp³-hybridized carbons (Fsp3) is 0. The molecule has 5 heterocycles. The zero-order chi connectivity index (χ0) is 26.2. The summed E-state index contributed by atoms with van der Waals surface area (Å²) in [5, 5.41) is 3.82. The Morgan fingerprint density at radius 2 is 0.558 bits per heavy atom. The van der Waals surface area contributed by atoms with Crippen molar-refractivity contribution in [3.63, 3.8) is 0 Å². The van der Waals surface area contributed by atoms with E-state index in [2.05, 4.69) is 9.97 Å². The maximum Gasteiger partial charge on any atom is 0.164 e. The Bertz CT molecular complexity index is 2050. The van der Waals surface area contributed by atoms with Crippen molar-refractivity contribution in [3.8, 4) is 45.6 Å². The van der Waals surface area contributed by atoms with Crippen LogP contribution in [0.1, 0.15) is 0 Å². The number of fused-ring (bicyclic) bond motifs is 20. The number of halogens is 2. The van der Waals surface area contributed by atoms with E-state index in [1.807, 2.05) is 97.1 Å². The Hall–Kier alpha value is -4.64. The van der Waals surface area contributed by atoms with Gasteiger partial charge in [0, 0.05) is 43.8 Å². The molecule has 0 radical (unpaired) electrons. The second-order valence-corrected chi connectivity index (χ2v) is 9.79. The van der Waals surface area contributed by atoms with Crippen LogP contribution in [0.15, 0.2) is 97.1 Å². The second-order valence-electron chi connectivity index (χ2n) is 9.79. The van der Waals surface area contributed by atoms with Crippen molar-refractivity contribution in [1.82, 2.24) is 39.9 Å². The summed E-state index contributed by atoms with van der Waals surface area (Å²) in [5.74, 6) is 2.39. The number of rotatable bonds is 0. The molecule has 0 fully saturated rings. The molecule has 7 aromatic rings. The fourth-order valence-electron chi connectivity index (χ4n) is 5.59. The topological polar surface area (TPSA) is 109 Å². The van der Waals surface area contributed by atoms with Gasteiger partial charge in [0.2, 0.25) is 0 Å². The number of hydrogen-bond donors (Lipinski definition) is 2. The molecule has 9 rings (SSSR count). The zero-order valence-corrected chi connectivity index (χ0v) is 23.4. The Balaban J connectivity index is 0.00000110. The van der Waals surface area contributed by atoms with E-state index in [0.29, 0.717) is 45.9 Å². The van der Waals surface area contributed by atoms with Crippen molar-refractivity contribution >= 4 is 86.5 Å². The quantitative estimate of drug-likeness (QED) is 0.186. The standard InChI is InChI=1S/C32H18N8.2ClH.GeH4/c1-2-10-18-17(9-1)25-33-26(18)38-28-21-13-5-6-14-22(21)30(35-28)40-32-24-16-8-7-15-23(24)31(36-32)39-29-20-12-4-3-11-19(20)27(34-29)37-25;;;/h1-16H,(H2,33,34,35,36,37,38,39,40);2*1H;1H4. The zero-order valence-electron chi connectivity index (χ0n) is 21.7. The molecule has 0 aliphatic carbocycles. The van der Waals surface area contributed by atoms with Crippen LogP contribution in [0, 0.1) is 0 Å². The van der Waals surface area contributed by atoms with Crippen LogP contribution in [0.3, 0.4) is 0 Å². The van der Waals surface area contributed by atoms with Crippen LogP contribution in [0.5, 0.6) is 0 Å². The predicted molar refractivity (Wildman–Crippen MR) is 182 cm³/mol. The monoisotopic (exact) mass is 664 g/mol. The number of aromatic amines is 2. The second kappa shape index (κ2) is 10.9. The van der Waals surface area contributed by atoms with E-state index in [0.717, 1.165) is 43.8 Å². The predicted octanol–water partition coefficient (Wildman–Crippen LogP) is 6.26. The summed E-state index contributed by atoms with van der Waals surface area (Å²) in [6.45, 7) is 0. The molecular formula is C32H24Cl2GeN8. The van der Waals surface area contributed by atoms with Gasteiger partial charge in [-0.2, -0.15) is 0 Å². The molecule has 2 aliphatic rings. The first-order valence-corrected chi connectivity index (χ1v) is 13.0. The molecule has 4 aromatic carbocycles. The van der Waals surface area contributed by atoms with Gasteiger partial charge in [-0.15, -0.1) is 24.8 Å². The van der Waals surface area contributed by atoms with Crippen molar-refractivity contribution in [3.05, 3.63) is 97.1 Å². The van der Waals surface area contributed by atoms with Gasteiger partial charge in [-0.05, 0) is 0 Å². The first kappa shape index (κ1) is 28.5. The molecule has 11 heteroatoms. The van der Waals surface area contributed by atoms with E-state index >= 15 is 0 Å². The third kappa shape index (κ3) is 4.37. The number of nitrogens with one attached hydrogen (secondary N) is 2.